The van der Waals surface area contributed by atoms with Gasteiger partial charge in [-0.3, -0.25) is 4.79 Å². The van der Waals surface area contributed by atoms with E-state index in [4.69, 9.17) is 0 Å². The lowest BCUT2D eigenvalue weighted by atomic mass is 9.99. The maximum Gasteiger partial charge on any atom is 0.224 e. The summed E-state index contributed by atoms with van der Waals surface area (Å²) in [7, 11) is 0. The van der Waals surface area contributed by atoms with Gasteiger partial charge in [0.25, 0.3) is 0 Å². The molecule has 1 N–H and O–H groups in total. The fourth-order valence-electron chi connectivity index (χ4n) is 4.02. The number of nitrogens with one attached hydrogen (secondary N) is 1. The molecule has 2 fully saturated rings. The van der Waals surface area contributed by atoms with E-state index in [1.54, 1.807) is 0 Å². The zero-order chi connectivity index (χ0) is 19.0. The molecular weight excluding hydrogens is 336 g/mol. The molecule has 1 aliphatic heterocycles. The number of rotatable bonds is 5. The number of anilines is 1. The Hall–Kier alpha value is -2.43. The van der Waals surface area contributed by atoms with Crippen LogP contribution in [0.3, 0.4) is 0 Å². The lowest BCUT2D eigenvalue weighted by molar-refractivity contribution is -0.121. The number of aryl methyl sites for hydroxylation is 1. The summed E-state index contributed by atoms with van der Waals surface area (Å²) in [5, 5.41) is 11.8. The molecule has 2 heterocycles. The van der Waals surface area contributed by atoms with Gasteiger partial charge in [-0.2, -0.15) is 5.10 Å². The highest BCUT2D eigenvalue weighted by atomic mass is 16.1. The van der Waals surface area contributed by atoms with Gasteiger partial charge in [0.2, 0.25) is 5.91 Å². The van der Waals surface area contributed by atoms with Crippen molar-refractivity contribution in [2.45, 2.75) is 52.0 Å². The van der Waals surface area contributed by atoms with Gasteiger partial charge in [0.1, 0.15) is 0 Å². The molecule has 1 spiro atoms. The molecule has 1 atom stereocenters. The van der Waals surface area contributed by atoms with Crippen LogP contribution in [0.15, 0.2) is 36.4 Å². The van der Waals surface area contributed by atoms with Gasteiger partial charge in [0.05, 0.1) is 18.2 Å². The maximum atomic E-state index is 12.6. The van der Waals surface area contributed by atoms with Crippen LogP contribution in [0.2, 0.25) is 0 Å². The van der Waals surface area contributed by atoms with Crippen molar-refractivity contribution in [1.29, 1.82) is 0 Å². The summed E-state index contributed by atoms with van der Waals surface area (Å²) in [4.78, 5) is 14.9. The van der Waals surface area contributed by atoms with E-state index in [0.29, 0.717) is 12.3 Å². The van der Waals surface area contributed by atoms with Gasteiger partial charge in [-0.15, -0.1) is 5.10 Å². The monoisotopic (exact) mass is 364 g/mol. The summed E-state index contributed by atoms with van der Waals surface area (Å²) in [6.45, 7) is 8.08. The predicted molar refractivity (Wildman–Crippen MR) is 107 cm³/mol. The van der Waals surface area contributed by atoms with E-state index in [1.165, 1.54) is 18.4 Å². The molecule has 1 aromatic carbocycles. The van der Waals surface area contributed by atoms with Crippen LogP contribution in [0.1, 0.15) is 49.4 Å². The zero-order valence-corrected chi connectivity index (χ0v) is 16.4. The van der Waals surface area contributed by atoms with Crippen molar-refractivity contribution >= 4 is 11.7 Å². The molecule has 1 aromatic heterocycles. The molecule has 5 heteroatoms. The minimum Gasteiger partial charge on any atom is -0.352 e. The molecule has 2 aliphatic rings. The number of benzene rings is 1. The number of amides is 1. The first kappa shape index (κ1) is 18.0. The molecule has 0 bridgehead atoms. The van der Waals surface area contributed by atoms with E-state index < -0.39 is 0 Å². The summed E-state index contributed by atoms with van der Waals surface area (Å²) < 4.78 is 0. The highest BCUT2D eigenvalue weighted by Crippen LogP contribution is 2.53. The summed E-state index contributed by atoms with van der Waals surface area (Å²) in [5.41, 5.74) is 3.53. The molecule has 1 amide bonds. The van der Waals surface area contributed by atoms with Crippen LogP contribution in [0.5, 0.6) is 0 Å². The molecule has 1 saturated carbocycles. The van der Waals surface area contributed by atoms with E-state index in [-0.39, 0.29) is 17.4 Å². The highest BCUT2D eigenvalue weighted by molar-refractivity contribution is 5.79. The van der Waals surface area contributed by atoms with Gasteiger partial charge in [-0.25, -0.2) is 0 Å². The van der Waals surface area contributed by atoms with Crippen molar-refractivity contribution < 1.29 is 4.79 Å². The molecule has 1 aliphatic carbocycles. The number of carbonyl (C=O) groups is 1. The molecule has 5 nitrogen and oxygen atoms in total. The number of carbonyl (C=O) groups excluding carboxylic acids is 1. The third-order valence-corrected chi connectivity index (χ3v) is 5.99. The molecule has 4 rings (SSSR count). The van der Waals surface area contributed by atoms with E-state index >= 15 is 0 Å². The second-order valence-corrected chi connectivity index (χ2v) is 8.47. The van der Waals surface area contributed by atoms with Gasteiger partial charge in [0.15, 0.2) is 5.82 Å². The summed E-state index contributed by atoms with van der Waals surface area (Å²) in [5.74, 6) is 1.53. The number of aromatic nitrogens is 2. The standard InChI is InChI=1S/C22H28N4O/c1-15(2)18-7-5-17(6-8-18)12-21(27)23-19-13-26(14-22(19)10-11-22)20-9-4-16(3)24-25-20/h4-9,15,19H,10-14H2,1-3H3,(H,23,27)/t19-/m1/s1. The number of hydrogen-bond acceptors (Lipinski definition) is 4. The zero-order valence-electron chi connectivity index (χ0n) is 16.4. The van der Waals surface area contributed by atoms with Crippen LogP contribution in [0.4, 0.5) is 5.82 Å². The van der Waals surface area contributed by atoms with E-state index in [0.717, 1.165) is 30.2 Å². The number of nitrogens with zero attached hydrogens (tertiary/aromatic N) is 3. The average Bonchev–Trinajstić information content (AvgIpc) is 3.33. The molecule has 142 valence electrons. The highest BCUT2D eigenvalue weighted by Gasteiger charge is 2.55. The van der Waals surface area contributed by atoms with Gasteiger partial charge < -0.3 is 10.2 Å². The topological polar surface area (TPSA) is 58.1 Å². The van der Waals surface area contributed by atoms with E-state index in [9.17, 15) is 4.79 Å². The Morgan fingerprint density at radius 2 is 1.93 bits per heavy atom. The Bertz CT molecular complexity index is 809. The van der Waals surface area contributed by atoms with Crippen molar-refractivity contribution in [3.8, 4) is 0 Å². The quantitative estimate of drug-likeness (QED) is 0.885. The van der Waals surface area contributed by atoms with Crippen molar-refractivity contribution in [2.75, 3.05) is 18.0 Å². The predicted octanol–water partition coefficient (Wildman–Crippen LogP) is 3.24. The SMILES string of the molecule is Cc1ccc(N2C[C@@H](NC(=O)Cc3ccc(C(C)C)cc3)C3(CC3)C2)nn1. The molecule has 0 unspecified atom stereocenters. The Morgan fingerprint density at radius 3 is 2.52 bits per heavy atom. The van der Waals surface area contributed by atoms with Gasteiger partial charge in [0, 0.05) is 18.5 Å². The van der Waals surface area contributed by atoms with E-state index in [1.807, 2.05) is 19.1 Å². The fraction of sp³-hybridized carbons (Fsp3) is 0.500. The molecule has 2 aromatic rings. The van der Waals surface area contributed by atoms with E-state index in [2.05, 4.69) is 58.5 Å². The molecule has 0 radical (unpaired) electrons. The largest absolute Gasteiger partial charge is 0.352 e. The fourth-order valence-corrected chi connectivity index (χ4v) is 4.02. The Labute approximate surface area is 161 Å². The third kappa shape index (κ3) is 3.82. The van der Waals surface area contributed by atoms with Crippen LogP contribution in [-0.4, -0.2) is 35.2 Å². The normalized spacial score (nSPS) is 20.3. The second-order valence-electron chi connectivity index (χ2n) is 8.47. The van der Waals surface area contributed by atoms with Gasteiger partial charge in [-0.1, -0.05) is 38.1 Å². The molecule has 1 saturated heterocycles. The third-order valence-electron chi connectivity index (χ3n) is 5.99. The van der Waals surface area contributed by atoms with Gasteiger partial charge in [-0.05, 0) is 48.9 Å². The first-order valence-corrected chi connectivity index (χ1v) is 9.89. The van der Waals surface area contributed by atoms with Crippen LogP contribution in [0, 0.1) is 12.3 Å². The van der Waals surface area contributed by atoms with Crippen molar-refractivity contribution in [3.63, 3.8) is 0 Å². The summed E-state index contributed by atoms with van der Waals surface area (Å²) in [6, 6.07) is 12.6. The lowest BCUT2D eigenvalue weighted by Gasteiger charge is -2.19. The van der Waals surface area contributed by atoms with Crippen molar-refractivity contribution in [3.05, 3.63) is 53.2 Å². The Morgan fingerprint density at radius 1 is 1.19 bits per heavy atom. The number of hydrogen-bond donors (Lipinski definition) is 1. The lowest BCUT2D eigenvalue weighted by Crippen LogP contribution is -2.42. The van der Waals surface area contributed by atoms with Crippen molar-refractivity contribution in [1.82, 2.24) is 15.5 Å². The minimum absolute atomic E-state index is 0.111. The maximum absolute atomic E-state index is 12.6. The van der Waals surface area contributed by atoms with Crippen LogP contribution < -0.4 is 10.2 Å². The first-order chi connectivity index (χ1) is 12.9. The van der Waals surface area contributed by atoms with Crippen LogP contribution in [0.25, 0.3) is 0 Å². The van der Waals surface area contributed by atoms with Crippen molar-refractivity contribution in [2.24, 2.45) is 5.41 Å². The second kappa shape index (κ2) is 6.95. The van der Waals surface area contributed by atoms with Crippen LogP contribution in [-0.2, 0) is 11.2 Å². The summed E-state index contributed by atoms with van der Waals surface area (Å²) >= 11 is 0. The Balaban J connectivity index is 1.38. The Kier molecular flexibility index (Phi) is 4.62. The summed E-state index contributed by atoms with van der Waals surface area (Å²) in [6.07, 6.45) is 2.79. The first-order valence-electron chi connectivity index (χ1n) is 9.89. The molecule has 27 heavy (non-hydrogen) atoms. The molecular formula is C22H28N4O. The average molecular weight is 364 g/mol. The smallest absolute Gasteiger partial charge is 0.224 e. The minimum atomic E-state index is 0.111. The van der Waals surface area contributed by atoms with Gasteiger partial charge >= 0.3 is 0 Å². The van der Waals surface area contributed by atoms with Crippen LogP contribution >= 0.6 is 0 Å².